The Morgan fingerprint density at radius 3 is 2.33 bits per heavy atom. The predicted octanol–water partition coefficient (Wildman–Crippen LogP) is 1.51. The minimum Gasteiger partial charge on any atom is -0.503 e. The molecule has 0 aliphatic carbocycles. The Bertz CT molecular complexity index is 278. The van der Waals surface area contributed by atoms with E-state index in [0.29, 0.717) is 0 Å². The number of rotatable bonds is 0. The van der Waals surface area contributed by atoms with E-state index in [-0.39, 0.29) is 11.2 Å². The Morgan fingerprint density at radius 2 is 2.00 bits per heavy atom. The van der Waals surface area contributed by atoms with E-state index in [4.69, 9.17) is 5.11 Å². The van der Waals surface area contributed by atoms with Crippen LogP contribution in [0.2, 0.25) is 0 Å². The van der Waals surface area contributed by atoms with E-state index < -0.39 is 0 Å². The highest BCUT2D eigenvalue weighted by atomic mass is 16.3. The molecule has 0 amide bonds. The van der Waals surface area contributed by atoms with E-state index in [1.54, 1.807) is 17.8 Å². The molecule has 0 unspecified atom stereocenters. The molecule has 0 spiro atoms. The maximum atomic E-state index is 10.5. The van der Waals surface area contributed by atoms with Gasteiger partial charge in [0.2, 0.25) is 5.43 Å². The van der Waals surface area contributed by atoms with Crippen LogP contribution >= 0.6 is 0 Å². The van der Waals surface area contributed by atoms with Crippen LogP contribution in [-0.4, -0.2) is 9.67 Å². The Hall–Kier alpha value is -1.25. The largest absolute Gasteiger partial charge is 0.503 e. The van der Waals surface area contributed by atoms with Crippen LogP contribution < -0.4 is 5.43 Å². The van der Waals surface area contributed by atoms with Crippen molar-refractivity contribution in [3.63, 3.8) is 0 Å². The SMILES string of the molecule is CCC.Cn1ccc(=O)c(O)c1. The number of nitrogens with zero attached hydrogens (tertiary/aromatic N) is 1. The van der Waals surface area contributed by atoms with Gasteiger partial charge in [-0.25, -0.2) is 0 Å². The van der Waals surface area contributed by atoms with Crippen LogP contribution in [0.1, 0.15) is 20.3 Å². The third-order valence-corrected chi connectivity index (χ3v) is 1.04. The zero-order valence-corrected chi connectivity index (χ0v) is 7.74. The van der Waals surface area contributed by atoms with Crippen molar-refractivity contribution in [2.24, 2.45) is 7.05 Å². The first kappa shape index (κ1) is 10.8. The van der Waals surface area contributed by atoms with Gasteiger partial charge in [-0.15, -0.1) is 0 Å². The molecule has 0 fully saturated rings. The number of hydrogen-bond donors (Lipinski definition) is 1. The van der Waals surface area contributed by atoms with Gasteiger partial charge in [0, 0.05) is 25.5 Å². The van der Waals surface area contributed by atoms with E-state index in [9.17, 15) is 4.79 Å². The Balaban J connectivity index is 0.000000354. The van der Waals surface area contributed by atoms with Gasteiger partial charge in [0.1, 0.15) is 0 Å². The van der Waals surface area contributed by atoms with E-state index in [2.05, 4.69) is 13.8 Å². The Kier molecular flexibility index (Phi) is 4.84. The molecule has 3 nitrogen and oxygen atoms in total. The molecule has 12 heavy (non-hydrogen) atoms. The Morgan fingerprint density at radius 1 is 1.50 bits per heavy atom. The molecule has 0 radical (unpaired) electrons. The van der Waals surface area contributed by atoms with Gasteiger partial charge in [-0.1, -0.05) is 20.3 Å². The normalized spacial score (nSPS) is 8.58. The van der Waals surface area contributed by atoms with Gasteiger partial charge in [-0.2, -0.15) is 0 Å². The maximum absolute atomic E-state index is 10.5. The first-order valence-corrected chi connectivity index (χ1v) is 3.97. The summed E-state index contributed by atoms with van der Waals surface area (Å²) < 4.78 is 1.61. The summed E-state index contributed by atoms with van der Waals surface area (Å²) in [5.74, 6) is -0.208. The quantitative estimate of drug-likeness (QED) is 0.639. The third kappa shape index (κ3) is 3.81. The number of pyridine rings is 1. The predicted molar refractivity (Wildman–Crippen MR) is 49.3 cm³/mol. The van der Waals surface area contributed by atoms with Crippen molar-refractivity contribution < 1.29 is 5.11 Å². The fourth-order valence-electron chi connectivity index (χ4n) is 0.570. The highest BCUT2D eigenvalue weighted by Crippen LogP contribution is 1.94. The van der Waals surface area contributed by atoms with Crippen LogP contribution in [-0.2, 0) is 7.05 Å². The second-order valence-electron chi connectivity index (χ2n) is 2.57. The van der Waals surface area contributed by atoms with E-state index >= 15 is 0 Å². The maximum Gasteiger partial charge on any atom is 0.223 e. The first-order valence-electron chi connectivity index (χ1n) is 3.97. The fraction of sp³-hybridized carbons (Fsp3) is 0.444. The van der Waals surface area contributed by atoms with Gasteiger partial charge < -0.3 is 9.67 Å². The lowest BCUT2D eigenvalue weighted by Crippen LogP contribution is -2.00. The molecule has 0 atom stereocenters. The highest BCUT2D eigenvalue weighted by Gasteiger charge is 1.91. The van der Waals surface area contributed by atoms with E-state index in [1.807, 2.05) is 0 Å². The molecule has 1 heterocycles. The average Bonchev–Trinajstić information content (AvgIpc) is 1.99. The minimum atomic E-state index is -0.340. The zero-order valence-electron chi connectivity index (χ0n) is 7.74. The molecule has 0 saturated carbocycles. The molecule has 68 valence electrons. The standard InChI is InChI=1S/C6H7NO2.C3H8/c1-7-3-2-5(8)6(9)4-7;1-3-2/h2-4,9H,1H3;3H2,1-2H3. The van der Waals surface area contributed by atoms with Crippen LogP contribution in [0, 0.1) is 0 Å². The summed E-state index contributed by atoms with van der Waals surface area (Å²) in [5.41, 5.74) is -0.340. The van der Waals surface area contributed by atoms with Crippen molar-refractivity contribution in [2.45, 2.75) is 20.3 Å². The number of aromatic hydroxyl groups is 1. The lowest BCUT2D eigenvalue weighted by molar-refractivity contribution is 0.463. The number of aryl methyl sites for hydroxylation is 1. The smallest absolute Gasteiger partial charge is 0.223 e. The van der Waals surface area contributed by atoms with Gasteiger partial charge in [0.15, 0.2) is 5.75 Å². The topological polar surface area (TPSA) is 42.2 Å². The van der Waals surface area contributed by atoms with Crippen molar-refractivity contribution in [1.82, 2.24) is 4.57 Å². The Labute approximate surface area is 72.3 Å². The molecular weight excluding hydrogens is 154 g/mol. The van der Waals surface area contributed by atoms with Gasteiger partial charge in [-0.3, -0.25) is 4.79 Å². The summed E-state index contributed by atoms with van der Waals surface area (Å²) in [7, 11) is 1.74. The van der Waals surface area contributed by atoms with Crippen LogP contribution in [0.25, 0.3) is 0 Å². The van der Waals surface area contributed by atoms with Crippen molar-refractivity contribution >= 4 is 0 Å². The van der Waals surface area contributed by atoms with Crippen LogP contribution in [0.3, 0.4) is 0 Å². The van der Waals surface area contributed by atoms with Crippen LogP contribution in [0.15, 0.2) is 23.3 Å². The lowest BCUT2D eigenvalue weighted by atomic mass is 10.4. The molecule has 0 bridgehead atoms. The molecule has 0 aliphatic rings. The summed E-state index contributed by atoms with van der Waals surface area (Å²) >= 11 is 0. The van der Waals surface area contributed by atoms with Crippen molar-refractivity contribution in [2.75, 3.05) is 0 Å². The first-order chi connectivity index (χ1) is 5.61. The summed E-state index contributed by atoms with van der Waals surface area (Å²) in [4.78, 5) is 10.5. The van der Waals surface area contributed by atoms with Crippen molar-refractivity contribution in [3.05, 3.63) is 28.7 Å². The molecule has 0 aromatic carbocycles. The van der Waals surface area contributed by atoms with Crippen LogP contribution in [0.5, 0.6) is 5.75 Å². The third-order valence-electron chi connectivity index (χ3n) is 1.04. The van der Waals surface area contributed by atoms with Gasteiger partial charge in [0.25, 0.3) is 0 Å². The van der Waals surface area contributed by atoms with Crippen LogP contribution in [0.4, 0.5) is 0 Å². The molecule has 1 N–H and O–H groups in total. The summed E-state index contributed by atoms with van der Waals surface area (Å²) in [6.45, 7) is 4.25. The summed E-state index contributed by atoms with van der Waals surface area (Å²) in [6.07, 6.45) is 4.20. The fourth-order valence-corrected chi connectivity index (χ4v) is 0.570. The summed E-state index contributed by atoms with van der Waals surface area (Å²) in [6, 6.07) is 1.31. The minimum absolute atomic E-state index is 0.208. The highest BCUT2D eigenvalue weighted by molar-refractivity contribution is 5.14. The molecule has 3 heteroatoms. The molecular formula is C9H15NO2. The zero-order chi connectivity index (χ0) is 9.56. The molecule has 1 aromatic rings. The van der Waals surface area contributed by atoms with E-state index in [1.165, 1.54) is 18.7 Å². The van der Waals surface area contributed by atoms with Gasteiger partial charge in [0.05, 0.1) is 0 Å². The van der Waals surface area contributed by atoms with Crippen molar-refractivity contribution in [3.8, 4) is 5.75 Å². The van der Waals surface area contributed by atoms with Crippen molar-refractivity contribution in [1.29, 1.82) is 0 Å². The molecule has 0 aliphatic heterocycles. The molecule has 0 saturated heterocycles. The van der Waals surface area contributed by atoms with Gasteiger partial charge in [-0.05, 0) is 0 Å². The average molecular weight is 169 g/mol. The summed E-state index contributed by atoms with van der Waals surface area (Å²) in [5, 5.41) is 8.77. The monoisotopic (exact) mass is 169 g/mol. The second kappa shape index (κ2) is 5.41. The number of aromatic nitrogens is 1. The lowest BCUT2D eigenvalue weighted by Gasteiger charge is -1.94. The molecule has 1 aromatic heterocycles. The second-order valence-corrected chi connectivity index (χ2v) is 2.57. The molecule has 1 rings (SSSR count). The number of hydrogen-bond acceptors (Lipinski definition) is 2. The van der Waals surface area contributed by atoms with E-state index in [0.717, 1.165) is 0 Å². The van der Waals surface area contributed by atoms with Gasteiger partial charge >= 0.3 is 0 Å².